The van der Waals surface area contributed by atoms with Gasteiger partial charge in [-0.15, -0.1) is 0 Å². The summed E-state index contributed by atoms with van der Waals surface area (Å²) in [6, 6.07) is 14.2. The molecule has 1 unspecified atom stereocenters. The number of carbonyl (C=O) groups excluding carboxylic acids is 2. The third-order valence-electron chi connectivity index (χ3n) is 5.39. The molecule has 2 amide bonds. The first-order chi connectivity index (χ1) is 15.1. The number of rotatable bonds is 7. The normalized spacial score (nSPS) is 19.5. The van der Waals surface area contributed by atoms with Crippen molar-refractivity contribution in [2.45, 2.75) is 19.0 Å². The molecule has 1 aliphatic heterocycles. The summed E-state index contributed by atoms with van der Waals surface area (Å²) >= 11 is 0. The molecule has 1 saturated heterocycles. The Morgan fingerprint density at radius 1 is 1.09 bits per heavy atom. The molecule has 0 aliphatic carbocycles. The lowest BCUT2D eigenvalue weighted by atomic mass is 9.94. The Hall–Kier alpha value is -3.11. The van der Waals surface area contributed by atoms with Crippen LogP contribution in [0.1, 0.15) is 12.5 Å². The van der Waals surface area contributed by atoms with E-state index in [0.717, 1.165) is 16.1 Å². The lowest BCUT2D eigenvalue weighted by Crippen LogP contribution is -2.70. The van der Waals surface area contributed by atoms with Crippen molar-refractivity contribution in [3.63, 3.8) is 0 Å². The third-order valence-corrected chi connectivity index (χ3v) is 6.58. The molecule has 0 aromatic heterocycles. The molecule has 2 aromatic carbocycles. The minimum absolute atomic E-state index is 0.197. The van der Waals surface area contributed by atoms with Crippen molar-refractivity contribution in [3.8, 4) is 11.5 Å². The summed E-state index contributed by atoms with van der Waals surface area (Å²) < 4.78 is 36.1. The average molecular weight is 462 g/mol. The van der Waals surface area contributed by atoms with Gasteiger partial charge in [-0.25, -0.2) is 8.42 Å². The van der Waals surface area contributed by atoms with E-state index in [1.165, 1.54) is 19.1 Å². The van der Waals surface area contributed by atoms with Gasteiger partial charge in [0.15, 0.2) is 0 Å². The van der Waals surface area contributed by atoms with E-state index in [1.807, 2.05) is 30.3 Å². The van der Waals surface area contributed by atoms with E-state index in [9.17, 15) is 18.0 Å². The summed E-state index contributed by atoms with van der Waals surface area (Å²) in [7, 11) is -0.745. The van der Waals surface area contributed by atoms with Crippen molar-refractivity contribution in [1.82, 2.24) is 9.62 Å². The fourth-order valence-electron chi connectivity index (χ4n) is 3.69. The number of carbonyl (C=O) groups is 2. The largest absolute Gasteiger partial charge is 0.497 e. The smallest absolute Gasteiger partial charge is 0.247 e. The second kappa shape index (κ2) is 9.17. The molecule has 1 N–H and O–H groups in total. The number of methoxy groups -OCH3 is 2. The van der Waals surface area contributed by atoms with Crippen LogP contribution in [0.4, 0.5) is 5.69 Å². The maximum Gasteiger partial charge on any atom is 0.247 e. The quantitative estimate of drug-likeness (QED) is 0.668. The number of hydrogen-bond acceptors (Lipinski definition) is 6. The van der Waals surface area contributed by atoms with Gasteiger partial charge in [-0.3, -0.25) is 14.5 Å². The maximum atomic E-state index is 13.4. The summed E-state index contributed by atoms with van der Waals surface area (Å²) in [5.41, 5.74) is -0.261. The summed E-state index contributed by atoms with van der Waals surface area (Å²) in [4.78, 5) is 27.9. The SMILES string of the molecule is COc1cc(OC)cc(N2C(=O)CN(S(C)(=O)=O)CC2(C)C(=O)NCc2ccccc2)c1. The third kappa shape index (κ3) is 4.86. The highest BCUT2D eigenvalue weighted by atomic mass is 32.2. The van der Waals surface area contributed by atoms with Crippen LogP contribution in [0.25, 0.3) is 0 Å². The van der Waals surface area contributed by atoms with Crippen LogP contribution in [0.2, 0.25) is 0 Å². The van der Waals surface area contributed by atoms with E-state index in [1.54, 1.807) is 25.1 Å². The van der Waals surface area contributed by atoms with Gasteiger partial charge in [-0.05, 0) is 12.5 Å². The van der Waals surface area contributed by atoms with Crippen molar-refractivity contribution in [2.24, 2.45) is 0 Å². The van der Waals surface area contributed by atoms with Gasteiger partial charge in [0.1, 0.15) is 17.0 Å². The highest BCUT2D eigenvalue weighted by Gasteiger charge is 2.50. The average Bonchev–Trinajstić information content (AvgIpc) is 2.76. The molecule has 10 heteroatoms. The molecule has 2 aromatic rings. The lowest BCUT2D eigenvalue weighted by Gasteiger charge is -2.46. The zero-order chi connectivity index (χ0) is 23.5. The predicted molar refractivity (Wildman–Crippen MR) is 120 cm³/mol. The van der Waals surface area contributed by atoms with Crippen LogP contribution in [-0.2, 0) is 26.2 Å². The van der Waals surface area contributed by atoms with Gasteiger partial charge in [0.2, 0.25) is 21.8 Å². The first kappa shape index (κ1) is 23.6. The van der Waals surface area contributed by atoms with Gasteiger partial charge < -0.3 is 14.8 Å². The van der Waals surface area contributed by atoms with E-state index in [0.29, 0.717) is 17.2 Å². The molecule has 0 bridgehead atoms. The molecule has 3 rings (SSSR count). The standard InChI is InChI=1S/C22H27N3O6S/c1-22(21(27)23-13-16-8-6-5-7-9-16)15-24(32(4,28)29)14-20(26)25(22)17-10-18(30-2)12-19(11-17)31-3/h5-12H,13-15H2,1-4H3,(H,23,27). The number of piperazine rings is 1. The molecule has 0 spiro atoms. The van der Waals surface area contributed by atoms with Gasteiger partial charge in [0, 0.05) is 31.3 Å². The second-order valence-corrected chi connectivity index (χ2v) is 9.76. The molecule has 1 atom stereocenters. The molecule has 0 radical (unpaired) electrons. The Morgan fingerprint density at radius 3 is 2.22 bits per heavy atom. The van der Waals surface area contributed by atoms with Gasteiger partial charge in [0.25, 0.3) is 0 Å². The summed E-state index contributed by atoms with van der Waals surface area (Å²) in [5, 5.41) is 2.84. The zero-order valence-electron chi connectivity index (χ0n) is 18.5. The Bertz CT molecular complexity index is 1080. The predicted octanol–water partition coefficient (Wildman–Crippen LogP) is 1.39. The molecule has 32 heavy (non-hydrogen) atoms. The van der Waals surface area contributed by atoms with Gasteiger partial charge in [0.05, 0.1) is 32.7 Å². The number of amides is 2. The monoisotopic (exact) mass is 461 g/mol. The first-order valence-corrected chi connectivity index (χ1v) is 11.8. The van der Waals surface area contributed by atoms with Gasteiger partial charge in [-0.1, -0.05) is 30.3 Å². The highest BCUT2D eigenvalue weighted by molar-refractivity contribution is 7.88. The van der Waals surface area contributed by atoms with Crippen LogP contribution >= 0.6 is 0 Å². The van der Waals surface area contributed by atoms with E-state index in [4.69, 9.17) is 9.47 Å². The number of sulfonamides is 1. The fraction of sp³-hybridized carbons (Fsp3) is 0.364. The van der Waals surface area contributed by atoms with Crippen LogP contribution in [0.3, 0.4) is 0 Å². The van der Waals surface area contributed by atoms with Crippen LogP contribution in [0.15, 0.2) is 48.5 Å². The topological polar surface area (TPSA) is 105 Å². The summed E-state index contributed by atoms with van der Waals surface area (Å²) in [6.07, 6.45) is 1.02. The molecular formula is C22H27N3O6S. The molecular weight excluding hydrogens is 434 g/mol. The van der Waals surface area contributed by atoms with Gasteiger partial charge >= 0.3 is 0 Å². The fourth-order valence-corrected chi connectivity index (χ4v) is 4.52. The van der Waals surface area contributed by atoms with Crippen LogP contribution in [-0.4, -0.2) is 63.6 Å². The van der Waals surface area contributed by atoms with Crippen LogP contribution in [0.5, 0.6) is 11.5 Å². The van der Waals surface area contributed by atoms with E-state index in [-0.39, 0.29) is 19.6 Å². The van der Waals surface area contributed by atoms with Crippen LogP contribution < -0.4 is 19.7 Å². The Kier molecular flexibility index (Phi) is 6.75. The molecule has 9 nitrogen and oxygen atoms in total. The van der Waals surface area contributed by atoms with E-state index < -0.39 is 27.4 Å². The molecule has 1 fully saturated rings. The van der Waals surface area contributed by atoms with Crippen LogP contribution in [0, 0.1) is 0 Å². The zero-order valence-corrected chi connectivity index (χ0v) is 19.3. The Labute approximate surface area is 188 Å². The summed E-state index contributed by atoms with van der Waals surface area (Å²) in [5.74, 6) is -0.145. The van der Waals surface area contributed by atoms with Gasteiger partial charge in [-0.2, -0.15) is 4.31 Å². The van der Waals surface area contributed by atoms with Crippen molar-refractivity contribution < 1.29 is 27.5 Å². The Morgan fingerprint density at radius 2 is 1.69 bits per heavy atom. The van der Waals surface area contributed by atoms with Crippen molar-refractivity contribution >= 4 is 27.5 Å². The maximum absolute atomic E-state index is 13.4. The molecule has 0 saturated carbocycles. The molecule has 172 valence electrons. The highest BCUT2D eigenvalue weighted by Crippen LogP contribution is 2.35. The molecule has 1 heterocycles. The van der Waals surface area contributed by atoms with E-state index >= 15 is 0 Å². The number of nitrogens with one attached hydrogen (secondary N) is 1. The second-order valence-electron chi connectivity index (χ2n) is 7.77. The van der Waals surface area contributed by atoms with Crippen molar-refractivity contribution in [1.29, 1.82) is 0 Å². The molecule has 1 aliphatic rings. The van der Waals surface area contributed by atoms with E-state index in [2.05, 4.69) is 5.32 Å². The van der Waals surface area contributed by atoms with Crippen molar-refractivity contribution in [2.75, 3.05) is 38.5 Å². The van der Waals surface area contributed by atoms with Crippen molar-refractivity contribution in [3.05, 3.63) is 54.1 Å². The number of ether oxygens (including phenoxy) is 2. The Balaban J connectivity index is 2.03. The number of nitrogens with zero attached hydrogens (tertiary/aromatic N) is 2. The minimum atomic E-state index is -3.71. The number of benzene rings is 2. The minimum Gasteiger partial charge on any atom is -0.497 e. The number of anilines is 1. The summed E-state index contributed by atoms with van der Waals surface area (Å²) in [6.45, 7) is 1.21. The lowest BCUT2D eigenvalue weighted by molar-refractivity contribution is -0.133. The number of hydrogen-bond donors (Lipinski definition) is 1. The first-order valence-electron chi connectivity index (χ1n) is 9.92.